The van der Waals surface area contributed by atoms with Gasteiger partial charge in [0.05, 0.1) is 0 Å². The van der Waals surface area contributed by atoms with Gasteiger partial charge in [0.2, 0.25) is 5.91 Å². The predicted octanol–water partition coefficient (Wildman–Crippen LogP) is 4.87. The SMILES string of the molecule is Cc1cc(Sc2ncccn2)ccc1NC(=O)C=Cc1c(F)cccc1F. The monoisotopic (exact) mass is 383 g/mol. The molecule has 0 aliphatic heterocycles. The zero-order valence-corrected chi connectivity index (χ0v) is 15.1. The summed E-state index contributed by atoms with van der Waals surface area (Å²) in [5, 5.41) is 3.33. The van der Waals surface area contributed by atoms with E-state index in [-0.39, 0.29) is 5.56 Å². The molecule has 1 heterocycles. The minimum absolute atomic E-state index is 0.251. The van der Waals surface area contributed by atoms with Crippen LogP contribution in [0.2, 0.25) is 0 Å². The first kappa shape index (κ1) is 18.7. The molecule has 3 aromatic rings. The molecule has 1 N–H and O–H groups in total. The first-order valence-electron chi connectivity index (χ1n) is 8.01. The number of carbonyl (C=O) groups excluding carboxylic acids is 1. The van der Waals surface area contributed by atoms with E-state index in [4.69, 9.17) is 0 Å². The van der Waals surface area contributed by atoms with Gasteiger partial charge in [0.25, 0.3) is 0 Å². The number of benzene rings is 2. The van der Waals surface area contributed by atoms with Crippen LogP contribution < -0.4 is 5.32 Å². The van der Waals surface area contributed by atoms with Crippen LogP contribution in [-0.4, -0.2) is 15.9 Å². The normalized spacial score (nSPS) is 10.9. The largest absolute Gasteiger partial charge is 0.322 e. The van der Waals surface area contributed by atoms with Crippen molar-refractivity contribution in [3.8, 4) is 0 Å². The molecule has 1 amide bonds. The Morgan fingerprint density at radius 3 is 2.44 bits per heavy atom. The smallest absolute Gasteiger partial charge is 0.248 e. The fraction of sp³-hybridized carbons (Fsp3) is 0.0500. The van der Waals surface area contributed by atoms with Crippen LogP contribution in [0.1, 0.15) is 11.1 Å². The number of anilines is 1. The number of aryl methyl sites for hydroxylation is 1. The van der Waals surface area contributed by atoms with Gasteiger partial charge in [-0.25, -0.2) is 18.7 Å². The molecule has 0 aliphatic rings. The maximum Gasteiger partial charge on any atom is 0.248 e. The van der Waals surface area contributed by atoms with Crippen molar-refractivity contribution in [1.29, 1.82) is 0 Å². The van der Waals surface area contributed by atoms with Gasteiger partial charge in [0.1, 0.15) is 11.6 Å². The molecule has 4 nitrogen and oxygen atoms in total. The first-order chi connectivity index (χ1) is 13.0. The van der Waals surface area contributed by atoms with Crippen LogP contribution in [0.15, 0.2) is 71.0 Å². The molecule has 0 unspecified atom stereocenters. The van der Waals surface area contributed by atoms with Crippen molar-refractivity contribution >= 4 is 29.4 Å². The zero-order valence-electron chi connectivity index (χ0n) is 14.3. The zero-order chi connectivity index (χ0) is 19.2. The predicted molar refractivity (Wildman–Crippen MR) is 101 cm³/mol. The summed E-state index contributed by atoms with van der Waals surface area (Å²) in [4.78, 5) is 21.3. The van der Waals surface area contributed by atoms with Crippen molar-refractivity contribution in [2.24, 2.45) is 0 Å². The molecule has 7 heteroatoms. The van der Waals surface area contributed by atoms with Crippen LogP contribution >= 0.6 is 11.8 Å². The van der Waals surface area contributed by atoms with E-state index in [1.165, 1.54) is 17.8 Å². The van der Waals surface area contributed by atoms with Crippen LogP contribution in [0, 0.1) is 18.6 Å². The van der Waals surface area contributed by atoms with Crippen molar-refractivity contribution < 1.29 is 13.6 Å². The molecule has 0 atom stereocenters. The summed E-state index contributed by atoms with van der Waals surface area (Å²) in [6, 6.07) is 10.8. The molecule has 3 rings (SSSR count). The molecular formula is C20H15F2N3OS. The van der Waals surface area contributed by atoms with Crippen molar-refractivity contribution in [3.05, 3.63) is 83.7 Å². The van der Waals surface area contributed by atoms with E-state index in [0.717, 1.165) is 34.7 Å². The average molecular weight is 383 g/mol. The van der Waals surface area contributed by atoms with Crippen molar-refractivity contribution in [3.63, 3.8) is 0 Å². The second-order valence-electron chi connectivity index (χ2n) is 5.57. The number of nitrogens with zero attached hydrogens (tertiary/aromatic N) is 2. The number of rotatable bonds is 5. The Morgan fingerprint density at radius 2 is 1.78 bits per heavy atom. The Balaban J connectivity index is 1.68. The van der Waals surface area contributed by atoms with Gasteiger partial charge in [-0.05, 0) is 66.7 Å². The molecule has 0 saturated heterocycles. The molecular weight excluding hydrogens is 368 g/mol. The van der Waals surface area contributed by atoms with Crippen LogP contribution in [0.3, 0.4) is 0 Å². The maximum absolute atomic E-state index is 13.6. The maximum atomic E-state index is 13.6. The van der Waals surface area contributed by atoms with Crippen LogP contribution in [-0.2, 0) is 4.79 Å². The van der Waals surface area contributed by atoms with Gasteiger partial charge < -0.3 is 5.32 Å². The lowest BCUT2D eigenvalue weighted by Crippen LogP contribution is -2.09. The second kappa shape index (κ2) is 8.55. The minimum atomic E-state index is -0.722. The summed E-state index contributed by atoms with van der Waals surface area (Å²) in [7, 11) is 0. The average Bonchev–Trinajstić information content (AvgIpc) is 2.64. The number of aromatic nitrogens is 2. The second-order valence-corrected chi connectivity index (χ2v) is 6.61. The molecule has 1 aromatic heterocycles. The first-order valence-corrected chi connectivity index (χ1v) is 8.83. The van der Waals surface area contributed by atoms with Gasteiger partial charge in [-0.3, -0.25) is 4.79 Å². The molecule has 0 bridgehead atoms. The number of carbonyl (C=O) groups is 1. The summed E-state index contributed by atoms with van der Waals surface area (Å²) in [6.45, 7) is 1.85. The highest BCUT2D eigenvalue weighted by Gasteiger charge is 2.07. The van der Waals surface area contributed by atoms with Gasteiger partial charge in [-0.1, -0.05) is 6.07 Å². The van der Waals surface area contributed by atoms with Gasteiger partial charge in [-0.2, -0.15) is 0 Å². The molecule has 0 saturated carbocycles. The van der Waals surface area contributed by atoms with Crippen LogP contribution in [0.5, 0.6) is 0 Å². The molecule has 0 radical (unpaired) electrons. The Kier molecular flexibility index (Phi) is 5.93. The molecule has 136 valence electrons. The number of hydrogen-bond acceptors (Lipinski definition) is 4. The van der Waals surface area contributed by atoms with E-state index in [9.17, 15) is 13.6 Å². The highest BCUT2D eigenvalue weighted by Crippen LogP contribution is 2.28. The fourth-order valence-corrected chi connectivity index (χ4v) is 3.10. The Bertz CT molecular complexity index is 974. The Labute approximate surface area is 159 Å². The molecule has 0 aliphatic carbocycles. The third-order valence-corrected chi connectivity index (χ3v) is 4.49. The Hall–Kier alpha value is -3.06. The van der Waals surface area contributed by atoms with Crippen molar-refractivity contribution in [2.45, 2.75) is 17.0 Å². The van der Waals surface area contributed by atoms with Gasteiger partial charge in [0.15, 0.2) is 5.16 Å². The summed E-state index contributed by atoms with van der Waals surface area (Å²) < 4.78 is 27.2. The van der Waals surface area contributed by atoms with Gasteiger partial charge >= 0.3 is 0 Å². The molecule has 2 aromatic carbocycles. The summed E-state index contributed by atoms with van der Waals surface area (Å²) in [6.07, 6.45) is 5.55. The van der Waals surface area contributed by atoms with E-state index < -0.39 is 17.5 Å². The fourth-order valence-electron chi connectivity index (χ4n) is 2.29. The van der Waals surface area contributed by atoms with E-state index in [1.54, 1.807) is 24.5 Å². The minimum Gasteiger partial charge on any atom is -0.322 e. The number of nitrogens with one attached hydrogen (secondary N) is 1. The lowest BCUT2D eigenvalue weighted by atomic mass is 10.1. The highest BCUT2D eigenvalue weighted by atomic mass is 32.2. The number of amides is 1. The quantitative estimate of drug-likeness (QED) is 0.505. The lowest BCUT2D eigenvalue weighted by Gasteiger charge is -2.08. The van der Waals surface area contributed by atoms with E-state index in [1.807, 2.05) is 19.1 Å². The van der Waals surface area contributed by atoms with Crippen molar-refractivity contribution in [1.82, 2.24) is 9.97 Å². The van der Waals surface area contributed by atoms with Crippen LogP contribution in [0.4, 0.5) is 14.5 Å². The summed E-state index contributed by atoms with van der Waals surface area (Å²) in [5.74, 6) is -1.92. The van der Waals surface area contributed by atoms with E-state index in [2.05, 4.69) is 15.3 Å². The van der Waals surface area contributed by atoms with E-state index in [0.29, 0.717) is 10.8 Å². The Morgan fingerprint density at radius 1 is 1.07 bits per heavy atom. The van der Waals surface area contributed by atoms with E-state index >= 15 is 0 Å². The molecule has 0 spiro atoms. The third-order valence-electron chi connectivity index (χ3n) is 3.61. The number of hydrogen-bond donors (Lipinski definition) is 1. The third kappa shape index (κ3) is 4.98. The molecule has 27 heavy (non-hydrogen) atoms. The summed E-state index contributed by atoms with van der Waals surface area (Å²) in [5.41, 5.74) is 1.20. The van der Waals surface area contributed by atoms with Gasteiger partial charge in [0, 0.05) is 34.6 Å². The van der Waals surface area contributed by atoms with Crippen molar-refractivity contribution in [2.75, 3.05) is 5.32 Å². The lowest BCUT2D eigenvalue weighted by molar-refractivity contribution is -0.111. The standard InChI is InChI=1S/C20H15F2N3OS/c1-13-12-14(27-20-23-10-3-11-24-20)6-8-18(13)25-19(26)9-7-15-16(21)4-2-5-17(15)22/h2-12H,1H3,(H,25,26). The highest BCUT2D eigenvalue weighted by molar-refractivity contribution is 7.99. The van der Waals surface area contributed by atoms with Crippen LogP contribution in [0.25, 0.3) is 6.08 Å². The summed E-state index contributed by atoms with van der Waals surface area (Å²) >= 11 is 1.41. The number of halogens is 2. The van der Waals surface area contributed by atoms with Gasteiger partial charge in [-0.15, -0.1) is 0 Å². The molecule has 0 fully saturated rings. The topological polar surface area (TPSA) is 54.9 Å².